The summed E-state index contributed by atoms with van der Waals surface area (Å²) in [7, 11) is 0. The van der Waals surface area contributed by atoms with Gasteiger partial charge in [-0.1, -0.05) is 36.8 Å². The normalized spacial score (nSPS) is 25.1. The van der Waals surface area contributed by atoms with Crippen molar-refractivity contribution in [2.24, 2.45) is 0 Å². The van der Waals surface area contributed by atoms with E-state index in [1.54, 1.807) is 0 Å². The molecule has 1 aliphatic rings. The van der Waals surface area contributed by atoms with E-state index in [4.69, 9.17) is 17.0 Å². The van der Waals surface area contributed by atoms with Crippen molar-refractivity contribution in [3.63, 3.8) is 0 Å². The second-order valence-corrected chi connectivity index (χ2v) is 4.53. The minimum atomic E-state index is -0.365. The van der Waals surface area contributed by atoms with Crippen LogP contribution in [0.25, 0.3) is 0 Å². The van der Waals surface area contributed by atoms with Crippen LogP contribution in [-0.2, 0) is 4.74 Å². The van der Waals surface area contributed by atoms with Crippen LogP contribution in [0.1, 0.15) is 31.2 Å². The largest absolute Gasteiger partial charge is 0.477 e. The number of benzene rings is 1. The smallest absolute Gasteiger partial charge is 0.191 e. The topological polar surface area (TPSA) is 29.5 Å². The maximum Gasteiger partial charge on any atom is 0.191 e. The maximum atomic E-state index is 9.78. The minimum absolute atomic E-state index is 0.124. The van der Waals surface area contributed by atoms with Gasteiger partial charge in [0.25, 0.3) is 0 Å². The van der Waals surface area contributed by atoms with Crippen molar-refractivity contribution in [3.8, 4) is 0 Å². The Hall–Kier alpha value is -0.930. The Kier molecular flexibility index (Phi) is 3.91. The second-order valence-electron chi connectivity index (χ2n) is 4.16. The Morgan fingerprint density at radius 1 is 1.19 bits per heavy atom. The van der Waals surface area contributed by atoms with E-state index in [1.807, 2.05) is 30.3 Å². The highest BCUT2D eigenvalue weighted by Crippen LogP contribution is 2.22. The monoisotopic (exact) mass is 236 g/mol. The van der Waals surface area contributed by atoms with Gasteiger partial charge in [-0.05, 0) is 31.5 Å². The molecule has 1 aromatic rings. The van der Waals surface area contributed by atoms with E-state index >= 15 is 0 Å². The summed E-state index contributed by atoms with van der Waals surface area (Å²) in [6.45, 7) is 0. The van der Waals surface area contributed by atoms with Gasteiger partial charge in [0.05, 0.1) is 6.10 Å². The fourth-order valence-corrected chi connectivity index (χ4v) is 2.25. The molecule has 2 rings (SSSR count). The quantitative estimate of drug-likeness (QED) is 0.801. The van der Waals surface area contributed by atoms with Gasteiger partial charge in [-0.15, -0.1) is 0 Å². The summed E-state index contributed by atoms with van der Waals surface area (Å²) < 4.78 is 5.67. The molecule has 0 spiro atoms. The van der Waals surface area contributed by atoms with E-state index < -0.39 is 0 Å². The molecular formula is C13H16O2S. The molecule has 86 valence electrons. The summed E-state index contributed by atoms with van der Waals surface area (Å²) in [5, 5.41) is 10.3. The minimum Gasteiger partial charge on any atom is -0.477 e. The summed E-state index contributed by atoms with van der Waals surface area (Å²) in [6.07, 6.45) is 3.42. The predicted molar refractivity (Wildman–Crippen MR) is 67.5 cm³/mol. The molecule has 1 aliphatic carbocycles. The Morgan fingerprint density at radius 2 is 1.88 bits per heavy atom. The highest BCUT2D eigenvalue weighted by Gasteiger charge is 2.25. The molecule has 2 atom stereocenters. The molecule has 0 radical (unpaired) electrons. The van der Waals surface area contributed by atoms with Gasteiger partial charge < -0.3 is 9.84 Å². The van der Waals surface area contributed by atoms with E-state index in [1.165, 1.54) is 0 Å². The van der Waals surface area contributed by atoms with Crippen LogP contribution in [-0.4, -0.2) is 22.4 Å². The van der Waals surface area contributed by atoms with Crippen LogP contribution in [0, 0.1) is 0 Å². The number of hydrogen-bond acceptors (Lipinski definition) is 3. The molecule has 16 heavy (non-hydrogen) atoms. The van der Waals surface area contributed by atoms with Crippen LogP contribution >= 0.6 is 12.2 Å². The van der Waals surface area contributed by atoms with Gasteiger partial charge in [-0.25, -0.2) is 0 Å². The van der Waals surface area contributed by atoms with Crippen LogP contribution in [0.3, 0.4) is 0 Å². The van der Waals surface area contributed by atoms with Gasteiger partial charge in [0.2, 0.25) is 0 Å². The lowest BCUT2D eigenvalue weighted by Gasteiger charge is -2.28. The van der Waals surface area contributed by atoms with Gasteiger partial charge >= 0.3 is 0 Å². The summed E-state index contributed by atoms with van der Waals surface area (Å²) in [5.41, 5.74) is 0.912. The van der Waals surface area contributed by atoms with Gasteiger partial charge in [-0.2, -0.15) is 0 Å². The van der Waals surface area contributed by atoms with Crippen LogP contribution in [0.5, 0.6) is 0 Å². The zero-order valence-electron chi connectivity index (χ0n) is 9.13. The molecule has 1 N–H and O–H groups in total. The molecule has 0 unspecified atom stereocenters. The molecular weight excluding hydrogens is 220 g/mol. The van der Waals surface area contributed by atoms with Crippen molar-refractivity contribution in [1.82, 2.24) is 0 Å². The number of aliphatic hydroxyl groups excluding tert-OH is 1. The molecule has 0 heterocycles. The standard InChI is InChI=1S/C13H16O2S/c14-11-8-4-5-9-12(11)15-13(16)10-6-2-1-3-7-10/h1-3,6-7,11-12,14H,4-5,8-9H2/t11-,12-/m1/s1. The summed E-state index contributed by atoms with van der Waals surface area (Å²) in [4.78, 5) is 0. The average Bonchev–Trinajstić information content (AvgIpc) is 2.33. The van der Waals surface area contributed by atoms with Crippen LogP contribution in [0.4, 0.5) is 0 Å². The lowest BCUT2D eigenvalue weighted by atomic mass is 9.95. The molecule has 1 fully saturated rings. The molecule has 2 nitrogen and oxygen atoms in total. The van der Waals surface area contributed by atoms with Gasteiger partial charge in [-0.3, -0.25) is 0 Å². The fraction of sp³-hybridized carbons (Fsp3) is 0.462. The maximum absolute atomic E-state index is 9.78. The Bertz CT molecular complexity index is 350. The number of rotatable bonds is 2. The molecule has 0 amide bonds. The number of ether oxygens (including phenoxy) is 1. The van der Waals surface area contributed by atoms with Gasteiger partial charge in [0.15, 0.2) is 5.05 Å². The second kappa shape index (κ2) is 5.41. The third-order valence-corrected chi connectivity index (χ3v) is 3.27. The summed E-state index contributed by atoms with van der Waals surface area (Å²) >= 11 is 5.22. The first kappa shape index (κ1) is 11.6. The highest BCUT2D eigenvalue weighted by atomic mass is 32.1. The van der Waals surface area contributed by atoms with Gasteiger partial charge in [0, 0.05) is 5.56 Å². The van der Waals surface area contributed by atoms with Gasteiger partial charge in [0.1, 0.15) is 6.10 Å². The zero-order chi connectivity index (χ0) is 11.4. The third-order valence-electron chi connectivity index (χ3n) is 2.94. The Morgan fingerprint density at radius 3 is 2.56 bits per heavy atom. The van der Waals surface area contributed by atoms with E-state index in [0.717, 1.165) is 31.2 Å². The molecule has 0 aromatic heterocycles. The van der Waals surface area contributed by atoms with E-state index in [2.05, 4.69) is 0 Å². The fourth-order valence-electron chi connectivity index (χ4n) is 1.99. The van der Waals surface area contributed by atoms with Crippen molar-refractivity contribution < 1.29 is 9.84 Å². The SMILES string of the molecule is O[C@@H]1CCCC[C@H]1OC(=S)c1ccccc1. The molecule has 0 aliphatic heterocycles. The zero-order valence-corrected chi connectivity index (χ0v) is 9.95. The number of aliphatic hydroxyl groups is 1. The van der Waals surface area contributed by atoms with Crippen LogP contribution in [0.15, 0.2) is 30.3 Å². The third kappa shape index (κ3) is 2.80. The average molecular weight is 236 g/mol. The lowest BCUT2D eigenvalue weighted by Crippen LogP contribution is -2.33. The summed E-state index contributed by atoms with van der Waals surface area (Å²) in [5.74, 6) is 0. The highest BCUT2D eigenvalue weighted by molar-refractivity contribution is 7.80. The summed E-state index contributed by atoms with van der Waals surface area (Å²) in [6, 6.07) is 9.67. The van der Waals surface area contributed by atoms with Crippen molar-refractivity contribution in [2.45, 2.75) is 37.9 Å². The van der Waals surface area contributed by atoms with E-state index in [-0.39, 0.29) is 12.2 Å². The first-order valence-electron chi connectivity index (χ1n) is 5.71. The predicted octanol–water partition coefficient (Wildman–Crippen LogP) is 2.68. The van der Waals surface area contributed by atoms with Crippen LogP contribution < -0.4 is 0 Å². The molecule has 1 saturated carbocycles. The van der Waals surface area contributed by atoms with Crippen molar-refractivity contribution in [3.05, 3.63) is 35.9 Å². The van der Waals surface area contributed by atoms with Crippen LogP contribution in [0.2, 0.25) is 0 Å². The van der Waals surface area contributed by atoms with Crippen molar-refractivity contribution in [2.75, 3.05) is 0 Å². The molecule has 0 bridgehead atoms. The van der Waals surface area contributed by atoms with Crippen molar-refractivity contribution >= 4 is 17.3 Å². The molecule has 3 heteroatoms. The number of thiocarbonyl (C=S) groups is 1. The van der Waals surface area contributed by atoms with Crippen molar-refractivity contribution in [1.29, 1.82) is 0 Å². The number of hydrogen-bond donors (Lipinski definition) is 1. The van der Waals surface area contributed by atoms with E-state index in [0.29, 0.717) is 5.05 Å². The Balaban J connectivity index is 1.96. The Labute approximate surface area is 101 Å². The molecule has 1 aromatic carbocycles. The first-order valence-corrected chi connectivity index (χ1v) is 6.12. The molecule has 0 saturated heterocycles. The lowest BCUT2D eigenvalue weighted by molar-refractivity contribution is 0.00213. The van der Waals surface area contributed by atoms with E-state index in [9.17, 15) is 5.11 Å². The first-order chi connectivity index (χ1) is 7.77.